The van der Waals surface area contributed by atoms with Crippen LogP contribution < -0.4 is 15.4 Å². The van der Waals surface area contributed by atoms with Gasteiger partial charge in [-0.15, -0.1) is 0 Å². The molecule has 1 amide bonds. The maximum atomic E-state index is 13.9. The number of para-hydroxylation sites is 1. The van der Waals surface area contributed by atoms with Crippen molar-refractivity contribution in [1.82, 2.24) is 25.2 Å². The Morgan fingerprint density at radius 3 is 2.54 bits per heavy atom. The number of rotatable bonds is 7. The number of H-pyrrole nitrogens is 1. The summed E-state index contributed by atoms with van der Waals surface area (Å²) in [6.07, 6.45) is 3.29. The Labute approximate surface area is 228 Å². The molecule has 0 aliphatic carbocycles. The molecule has 0 unspecified atom stereocenters. The molecule has 9 heteroatoms. The first-order valence-corrected chi connectivity index (χ1v) is 13.2. The largest absolute Gasteiger partial charge is 0.457 e. The summed E-state index contributed by atoms with van der Waals surface area (Å²) >= 11 is 0. The van der Waals surface area contributed by atoms with Gasteiger partial charge in [-0.3, -0.25) is 14.7 Å². The highest BCUT2D eigenvalue weighted by atomic mass is 19.1. The van der Waals surface area contributed by atoms with Gasteiger partial charge in [0.25, 0.3) is 5.91 Å². The van der Waals surface area contributed by atoms with Crippen LogP contribution in [0.15, 0.2) is 60.8 Å². The summed E-state index contributed by atoms with van der Waals surface area (Å²) in [5, 5.41) is 6.24. The lowest BCUT2D eigenvalue weighted by molar-refractivity contribution is -0.0169. The van der Waals surface area contributed by atoms with E-state index in [9.17, 15) is 9.18 Å². The minimum atomic E-state index is -0.311. The van der Waals surface area contributed by atoms with Gasteiger partial charge in [0.15, 0.2) is 0 Å². The van der Waals surface area contributed by atoms with Gasteiger partial charge in [0.2, 0.25) is 0 Å². The van der Waals surface area contributed by atoms with Gasteiger partial charge in [0, 0.05) is 35.4 Å². The fourth-order valence-electron chi connectivity index (χ4n) is 5.44. The first-order valence-electron chi connectivity index (χ1n) is 13.2. The number of piperidine rings is 1. The quantitative estimate of drug-likeness (QED) is 0.276. The number of aromatic nitrogens is 3. The van der Waals surface area contributed by atoms with E-state index in [0.29, 0.717) is 35.2 Å². The van der Waals surface area contributed by atoms with Crippen LogP contribution in [0.2, 0.25) is 0 Å². The lowest BCUT2D eigenvalue weighted by atomic mass is 9.77. The van der Waals surface area contributed by atoms with Crippen LogP contribution in [0.4, 0.5) is 10.1 Å². The van der Waals surface area contributed by atoms with Crippen molar-refractivity contribution >= 4 is 22.6 Å². The smallest absolute Gasteiger partial charge is 0.270 e. The second kappa shape index (κ2) is 10.3. The Balaban J connectivity index is 1.25. The Bertz CT molecular complexity index is 1480. The first-order chi connectivity index (χ1) is 18.5. The number of amides is 1. The molecule has 1 saturated heterocycles. The second-order valence-corrected chi connectivity index (χ2v) is 11.4. The summed E-state index contributed by atoms with van der Waals surface area (Å²) < 4.78 is 19.9. The average molecular weight is 531 g/mol. The first kappa shape index (κ1) is 26.6. The van der Waals surface area contributed by atoms with Crippen LogP contribution in [0.1, 0.15) is 56.8 Å². The monoisotopic (exact) mass is 530 g/mol. The van der Waals surface area contributed by atoms with Crippen molar-refractivity contribution in [3.05, 3.63) is 78.1 Å². The Hall–Kier alpha value is -3.98. The third-order valence-electron chi connectivity index (χ3n) is 7.67. The number of pyridine rings is 1. The van der Waals surface area contributed by atoms with Crippen LogP contribution in [0.5, 0.6) is 11.5 Å². The topological polar surface area (TPSA) is 95.2 Å². The van der Waals surface area contributed by atoms with Gasteiger partial charge in [-0.2, -0.15) is 0 Å². The van der Waals surface area contributed by atoms with Crippen molar-refractivity contribution in [1.29, 1.82) is 0 Å². The molecule has 8 nitrogen and oxygen atoms in total. The number of nitrogens with zero attached hydrogens (tertiary/aromatic N) is 3. The third kappa shape index (κ3) is 5.88. The number of hydrogen-bond acceptors (Lipinski definition) is 6. The van der Waals surface area contributed by atoms with Crippen molar-refractivity contribution in [3.63, 3.8) is 0 Å². The molecule has 39 heavy (non-hydrogen) atoms. The van der Waals surface area contributed by atoms with Crippen molar-refractivity contribution in [3.8, 4) is 11.5 Å². The molecule has 0 atom stereocenters. The second-order valence-electron chi connectivity index (χ2n) is 11.4. The van der Waals surface area contributed by atoms with Crippen molar-refractivity contribution < 1.29 is 13.9 Å². The van der Waals surface area contributed by atoms with Gasteiger partial charge in [-0.1, -0.05) is 12.1 Å². The fourth-order valence-corrected chi connectivity index (χ4v) is 5.44. The van der Waals surface area contributed by atoms with E-state index in [1.165, 1.54) is 6.07 Å². The highest BCUT2D eigenvalue weighted by Crippen LogP contribution is 2.37. The Morgan fingerprint density at radius 1 is 1.08 bits per heavy atom. The van der Waals surface area contributed by atoms with E-state index in [-0.39, 0.29) is 28.8 Å². The minimum Gasteiger partial charge on any atom is -0.457 e. The zero-order chi connectivity index (χ0) is 27.8. The zero-order valence-electron chi connectivity index (χ0n) is 23.0. The number of ether oxygens (including phenoxy) is 1. The number of nitrogens with one attached hydrogen (secondary N) is 3. The molecule has 2 aromatic carbocycles. The molecule has 204 valence electrons. The van der Waals surface area contributed by atoms with Gasteiger partial charge in [-0.25, -0.2) is 9.37 Å². The minimum absolute atomic E-state index is 0.0307. The van der Waals surface area contributed by atoms with E-state index in [1.807, 2.05) is 18.2 Å². The molecule has 4 aromatic rings. The number of halogens is 1. The number of aromatic amines is 1. The molecular formula is C30H35FN6O2. The van der Waals surface area contributed by atoms with E-state index in [1.54, 1.807) is 36.5 Å². The van der Waals surface area contributed by atoms with Gasteiger partial charge >= 0.3 is 0 Å². The number of carbonyl (C=O) groups is 1. The number of carbonyl (C=O) groups excluding carboxylic acids is 1. The number of fused-ring (bicyclic) bond motifs is 1. The molecule has 0 spiro atoms. The highest BCUT2D eigenvalue weighted by molar-refractivity contribution is 5.92. The molecule has 3 heterocycles. The maximum absolute atomic E-state index is 13.9. The summed E-state index contributed by atoms with van der Waals surface area (Å²) in [6.45, 7) is 9.18. The van der Waals surface area contributed by atoms with Crippen LogP contribution in [0.25, 0.3) is 11.0 Å². The van der Waals surface area contributed by atoms with Crippen LogP contribution in [0, 0.1) is 5.82 Å². The molecule has 3 N–H and O–H groups in total. The summed E-state index contributed by atoms with van der Waals surface area (Å²) in [5.41, 5.74) is 2.23. The van der Waals surface area contributed by atoms with Crippen LogP contribution >= 0.6 is 0 Å². The highest BCUT2D eigenvalue weighted by Gasteiger charge is 2.43. The summed E-state index contributed by atoms with van der Waals surface area (Å²) in [5.74, 6) is 1.26. The number of hydrogen-bond donors (Lipinski definition) is 3. The summed E-state index contributed by atoms with van der Waals surface area (Å²) in [7, 11) is 2.14. The molecule has 0 saturated carbocycles. The fraction of sp³-hybridized carbons (Fsp3) is 0.367. The molecular weight excluding hydrogens is 495 g/mol. The number of imidazole rings is 1. The number of likely N-dealkylation sites (tertiary alicyclic amines) is 1. The van der Waals surface area contributed by atoms with Gasteiger partial charge in [0.05, 0.1) is 23.3 Å². The van der Waals surface area contributed by atoms with Gasteiger partial charge in [-0.05, 0) is 77.9 Å². The lowest BCUT2D eigenvalue weighted by Gasteiger charge is -2.53. The third-order valence-corrected chi connectivity index (χ3v) is 7.67. The average Bonchev–Trinajstić information content (AvgIpc) is 3.29. The molecule has 0 radical (unpaired) electrons. The van der Waals surface area contributed by atoms with Crippen LogP contribution in [0.3, 0.4) is 0 Å². The molecule has 1 fully saturated rings. The predicted molar refractivity (Wildman–Crippen MR) is 151 cm³/mol. The Morgan fingerprint density at radius 2 is 1.79 bits per heavy atom. The normalized spacial score (nSPS) is 17.2. The van der Waals surface area contributed by atoms with E-state index >= 15 is 0 Å². The predicted octanol–water partition coefficient (Wildman–Crippen LogP) is 5.88. The van der Waals surface area contributed by atoms with Crippen molar-refractivity contribution in [2.45, 2.75) is 64.2 Å². The van der Waals surface area contributed by atoms with Crippen molar-refractivity contribution in [2.75, 3.05) is 12.4 Å². The van der Waals surface area contributed by atoms with E-state index in [0.717, 1.165) is 23.9 Å². The SMILES string of the molecule is CN1C(C)(C)CC(NC(=O)c2cc(Oc3ccc4nc(CNc5ccccc5F)[nH]c4c3)ccn2)CC1(C)C. The number of anilines is 1. The molecule has 2 aromatic heterocycles. The van der Waals surface area contributed by atoms with E-state index in [4.69, 9.17) is 4.74 Å². The van der Waals surface area contributed by atoms with Crippen LogP contribution in [-0.2, 0) is 6.54 Å². The van der Waals surface area contributed by atoms with Gasteiger partial charge < -0.3 is 20.4 Å². The lowest BCUT2D eigenvalue weighted by Crippen LogP contribution is -2.62. The Kier molecular flexibility index (Phi) is 7.03. The molecule has 1 aliphatic heterocycles. The summed E-state index contributed by atoms with van der Waals surface area (Å²) in [6, 6.07) is 15.5. The van der Waals surface area contributed by atoms with E-state index in [2.05, 4.69) is 65.2 Å². The molecule has 1 aliphatic rings. The standard InChI is InChI=1S/C30H35FN6O2/c1-29(2)16-19(17-30(3,4)37(29)5)34-28(38)26-15-21(12-13-32-26)39-20-10-11-24-25(14-20)36-27(35-24)18-33-23-9-7-6-8-22(23)31/h6-15,19,33H,16-18H2,1-5H3,(H,34,38)(H,35,36). The molecule has 5 rings (SSSR count). The number of benzene rings is 2. The van der Waals surface area contributed by atoms with E-state index < -0.39 is 0 Å². The van der Waals surface area contributed by atoms with Gasteiger partial charge in [0.1, 0.15) is 28.8 Å². The zero-order valence-corrected chi connectivity index (χ0v) is 23.0. The summed E-state index contributed by atoms with van der Waals surface area (Å²) in [4.78, 5) is 27.6. The van der Waals surface area contributed by atoms with Crippen molar-refractivity contribution in [2.24, 2.45) is 0 Å². The maximum Gasteiger partial charge on any atom is 0.270 e. The van der Waals surface area contributed by atoms with Crippen LogP contribution in [-0.4, -0.2) is 49.9 Å². The molecule has 0 bridgehead atoms.